The predicted octanol–water partition coefficient (Wildman–Crippen LogP) is 1.81. The number of rotatable bonds is 6. The number of aromatic hydroxyl groups is 1. The SMILES string of the molecule is CC(C)C(C)(C)O[C@@H]1C[C@@H](CO)O[C@]1(n1cnc2c(O)ncnc21)[SiH](C)C. The van der Waals surface area contributed by atoms with E-state index in [1.807, 2.05) is 4.57 Å². The lowest BCUT2D eigenvalue weighted by molar-refractivity contribution is -0.161. The second kappa shape index (κ2) is 7.12. The Morgan fingerprint density at radius 3 is 2.67 bits per heavy atom. The van der Waals surface area contributed by atoms with E-state index in [0.29, 0.717) is 23.5 Å². The van der Waals surface area contributed by atoms with Crippen LogP contribution in [0.4, 0.5) is 0 Å². The van der Waals surface area contributed by atoms with Gasteiger partial charge in [-0.05, 0) is 19.8 Å². The maximum absolute atomic E-state index is 10.0. The smallest absolute Gasteiger partial charge is 0.242 e. The predicted molar refractivity (Wildman–Crippen MR) is 104 cm³/mol. The number of aromatic nitrogens is 4. The molecule has 0 radical (unpaired) electrons. The first kappa shape index (κ1) is 20.2. The van der Waals surface area contributed by atoms with Crippen LogP contribution in [0.25, 0.3) is 11.2 Å². The molecule has 150 valence electrons. The standard InChI is InChI=1S/C18H30N4O4Si/c1-11(2)17(3,4)26-13-7-12(8-23)25-18(13,27(5)6)22-10-21-14-15(22)19-9-20-16(14)24/h9-13,23,27H,7-8H2,1-6H3,(H,19,20,24)/t12-,13+,18-/m0/s1. The molecule has 27 heavy (non-hydrogen) atoms. The molecule has 1 aliphatic heterocycles. The summed E-state index contributed by atoms with van der Waals surface area (Å²) < 4.78 is 15.0. The first-order valence-corrected chi connectivity index (χ1v) is 12.4. The molecule has 0 amide bonds. The lowest BCUT2D eigenvalue weighted by Gasteiger charge is -2.43. The number of nitrogens with zero attached hydrogens (tertiary/aromatic N) is 4. The number of ether oxygens (including phenoxy) is 2. The summed E-state index contributed by atoms with van der Waals surface area (Å²) in [4.78, 5) is 12.5. The summed E-state index contributed by atoms with van der Waals surface area (Å²) >= 11 is 0. The molecule has 1 fully saturated rings. The van der Waals surface area contributed by atoms with E-state index < -0.39 is 14.1 Å². The molecule has 0 bridgehead atoms. The summed E-state index contributed by atoms with van der Waals surface area (Å²) in [7, 11) is -1.58. The van der Waals surface area contributed by atoms with Gasteiger partial charge in [0.1, 0.15) is 12.4 Å². The van der Waals surface area contributed by atoms with Crippen molar-refractivity contribution in [3.05, 3.63) is 12.7 Å². The fraction of sp³-hybridized carbons (Fsp3) is 0.722. The maximum atomic E-state index is 10.0. The normalized spacial score (nSPS) is 26.6. The van der Waals surface area contributed by atoms with Gasteiger partial charge in [-0.1, -0.05) is 26.9 Å². The van der Waals surface area contributed by atoms with Crippen molar-refractivity contribution >= 4 is 20.0 Å². The van der Waals surface area contributed by atoms with E-state index in [1.165, 1.54) is 6.33 Å². The van der Waals surface area contributed by atoms with E-state index in [-0.39, 0.29) is 30.3 Å². The zero-order chi connectivity index (χ0) is 20.0. The Balaban J connectivity index is 2.15. The topological polar surface area (TPSA) is 103 Å². The third kappa shape index (κ3) is 3.26. The number of hydrogen-bond donors (Lipinski definition) is 2. The summed E-state index contributed by atoms with van der Waals surface area (Å²) in [5, 5.41) is 19.1. The first-order chi connectivity index (χ1) is 12.6. The Hall–Kier alpha value is -1.55. The van der Waals surface area contributed by atoms with Crippen molar-refractivity contribution in [2.45, 2.75) is 70.4 Å². The van der Waals surface area contributed by atoms with Gasteiger partial charge in [0, 0.05) is 6.42 Å². The zero-order valence-corrected chi connectivity index (χ0v) is 18.0. The molecular formula is C18H30N4O4Si. The fourth-order valence-electron chi connectivity index (χ4n) is 3.62. The lowest BCUT2D eigenvalue weighted by Crippen LogP contribution is -2.55. The highest BCUT2D eigenvalue weighted by Crippen LogP contribution is 2.43. The maximum Gasteiger partial charge on any atom is 0.242 e. The summed E-state index contributed by atoms with van der Waals surface area (Å²) in [6, 6.07) is 0. The van der Waals surface area contributed by atoms with Crippen molar-refractivity contribution in [1.82, 2.24) is 19.5 Å². The van der Waals surface area contributed by atoms with E-state index in [4.69, 9.17) is 9.47 Å². The Morgan fingerprint density at radius 1 is 1.37 bits per heavy atom. The van der Waals surface area contributed by atoms with Gasteiger partial charge in [-0.25, -0.2) is 9.97 Å². The van der Waals surface area contributed by atoms with Crippen LogP contribution in [-0.4, -0.2) is 62.9 Å². The Kier molecular flexibility index (Phi) is 5.32. The first-order valence-electron chi connectivity index (χ1n) is 9.47. The van der Waals surface area contributed by atoms with Crippen LogP contribution in [0.5, 0.6) is 5.88 Å². The molecule has 2 N–H and O–H groups in total. The van der Waals surface area contributed by atoms with Crippen LogP contribution in [0.1, 0.15) is 34.1 Å². The minimum absolute atomic E-state index is 0.0717. The largest absolute Gasteiger partial charge is 0.492 e. The molecule has 0 unspecified atom stereocenters. The van der Waals surface area contributed by atoms with Gasteiger partial charge in [0.05, 0.1) is 33.4 Å². The van der Waals surface area contributed by atoms with E-state index >= 15 is 0 Å². The molecule has 0 aliphatic carbocycles. The number of imidazole rings is 1. The molecule has 0 saturated carbocycles. The van der Waals surface area contributed by atoms with Gasteiger partial charge in [-0.2, -0.15) is 4.98 Å². The van der Waals surface area contributed by atoms with Crippen LogP contribution in [0.2, 0.25) is 13.1 Å². The van der Waals surface area contributed by atoms with Crippen LogP contribution in [0.3, 0.4) is 0 Å². The Morgan fingerprint density at radius 2 is 2.07 bits per heavy atom. The van der Waals surface area contributed by atoms with Gasteiger partial charge in [0.2, 0.25) is 5.88 Å². The summed E-state index contributed by atoms with van der Waals surface area (Å²) in [5.74, 6) is 0.152. The van der Waals surface area contributed by atoms with E-state index in [2.05, 4.69) is 55.7 Å². The number of hydrogen-bond acceptors (Lipinski definition) is 7. The minimum Gasteiger partial charge on any atom is -0.492 e. The van der Waals surface area contributed by atoms with Crippen molar-refractivity contribution in [1.29, 1.82) is 0 Å². The zero-order valence-electron chi connectivity index (χ0n) is 16.9. The van der Waals surface area contributed by atoms with Crippen molar-refractivity contribution in [3.63, 3.8) is 0 Å². The van der Waals surface area contributed by atoms with Gasteiger partial charge in [0.15, 0.2) is 16.5 Å². The second-order valence-electron chi connectivity index (χ2n) is 8.41. The molecular weight excluding hydrogens is 364 g/mol. The highest BCUT2D eigenvalue weighted by atomic mass is 28.3. The van der Waals surface area contributed by atoms with Gasteiger partial charge < -0.3 is 19.7 Å². The van der Waals surface area contributed by atoms with Crippen LogP contribution < -0.4 is 0 Å². The molecule has 0 aromatic carbocycles. The molecule has 2 aromatic rings. The van der Waals surface area contributed by atoms with Gasteiger partial charge in [-0.15, -0.1) is 0 Å². The summed E-state index contributed by atoms with van der Waals surface area (Å²) in [6.07, 6.45) is 2.98. The highest BCUT2D eigenvalue weighted by Gasteiger charge is 2.55. The van der Waals surface area contributed by atoms with Crippen molar-refractivity contribution < 1.29 is 19.7 Å². The van der Waals surface area contributed by atoms with Crippen molar-refractivity contribution in [2.75, 3.05) is 6.61 Å². The van der Waals surface area contributed by atoms with Crippen LogP contribution >= 0.6 is 0 Å². The Bertz CT molecular complexity index is 810. The number of aliphatic hydroxyl groups is 1. The van der Waals surface area contributed by atoms with E-state index in [9.17, 15) is 10.2 Å². The third-order valence-corrected chi connectivity index (χ3v) is 8.29. The number of fused-ring (bicyclic) bond motifs is 1. The van der Waals surface area contributed by atoms with Gasteiger partial charge >= 0.3 is 0 Å². The molecule has 9 heteroatoms. The van der Waals surface area contributed by atoms with E-state index in [1.54, 1.807) is 6.33 Å². The van der Waals surface area contributed by atoms with E-state index in [0.717, 1.165) is 0 Å². The Labute approximate surface area is 161 Å². The van der Waals surface area contributed by atoms with Gasteiger partial charge in [-0.3, -0.25) is 4.57 Å². The van der Waals surface area contributed by atoms with Crippen LogP contribution in [0, 0.1) is 5.92 Å². The molecule has 1 saturated heterocycles. The van der Waals surface area contributed by atoms with Crippen molar-refractivity contribution in [2.24, 2.45) is 5.92 Å². The average molecular weight is 395 g/mol. The lowest BCUT2D eigenvalue weighted by atomic mass is 9.94. The molecule has 3 atom stereocenters. The van der Waals surface area contributed by atoms with Gasteiger partial charge in [0.25, 0.3) is 0 Å². The summed E-state index contributed by atoms with van der Waals surface area (Å²) in [5.41, 5.74) is 0.489. The molecule has 3 heterocycles. The highest BCUT2D eigenvalue weighted by molar-refractivity contribution is 6.58. The van der Waals surface area contributed by atoms with Crippen LogP contribution in [-0.2, 0) is 14.8 Å². The average Bonchev–Trinajstić information content (AvgIpc) is 3.17. The van der Waals surface area contributed by atoms with Crippen molar-refractivity contribution in [3.8, 4) is 5.88 Å². The monoisotopic (exact) mass is 394 g/mol. The molecule has 0 spiro atoms. The quantitative estimate of drug-likeness (QED) is 0.720. The van der Waals surface area contributed by atoms with Crippen LogP contribution in [0.15, 0.2) is 12.7 Å². The molecule has 2 aromatic heterocycles. The summed E-state index contributed by atoms with van der Waals surface area (Å²) in [6.45, 7) is 12.7. The molecule has 8 nitrogen and oxygen atoms in total. The fourth-order valence-corrected chi connectivity index (χ4v) is 5.78. The molecule has 1 aliphatic rings. The third-order valence-electron chi connectivity index (χ3n) is 5.85. The minimum atomic E-state index is -1.58. The number of aliphatic hydroxyl groups excluding tert-OH is 1. The second-order valence-corrected chi connectivity index (χ2v) is 11.6. The molecule has 3 rings (SSSR count).